The molecule has 0 spiro atoms. The lowest BCUT2D eigenvalue weighted by atomic mass is 9.79. The van der Waals surface area contributed by atoms with E-state index in [1.165, 1.54) is 0 Å². The topological polar surface area (TPSA) is 37.0 Å². The molecule has 0 aromatic heterocycles. The van der Waals surface area contributed by atoms with Crippen LogP contribution in [0.4, 0.5) is 0 Å². The predicted molar refractivity (Wildman–Crippen MR) is 38.9 cm³/mol. The standard InChI is InChI=1S/C8H15O2/c1-5-6(7(9)10)8(2,3)4/h6H,5H2,1-4H3. The first-order valence-corrected chi connectivity index (χ1v) is 3.60. The van der Waals surface area contributed by atoms with Crippen molar-refractivity contribution in [1.82, 2.24) is 0 Å². The molecule has 59 valence electrons. The van der Waals surface area contributed by atoms with Gasteiger partial charge in [0.1, 0.15) is 0 Å². The summed E-state index contributed by atoms with van der Waals surface area (Å²) < 4.78 is 0. The second-order valence-corrected chi connectivity index (χ2v) is 3.65. The van der Waals surface area contributed by atoms with E-state index in [9.17, 15) is 9.90 Å². The average Bonchev–Trinajstić information content (AvgIpc) is 1.60. The molecule has 0 amide bonds. The lowest BCUT2D eigenvalue weighted by molar-refractivity contribution is -0.152. The summed E-state index contributed by atoms with van der Waals surface area (Å²) in [6.07, 6.45) is 0.645. The van der Waals surface area contributed by atoms with E-state index in [1.54, 1.807) is 0 Å². The summed E-state index contributed by atoms with van der Waals surface area (Å²) in [6, 6.07) is 0. The Morgan fingerprint density at radius 1 is 1.40 bits per heavy atom. The van der Waals surface area contributed by atoms with Crippen LogP contribution in [0.2, 0.25) is 0 Å². The van der Waals surface area contributed by atoms with Crippen LogP contribution in [-0.4, -0.2) is 5.97 Å². The Morgan fingerprint density at radius 3 is 1.80 bits per heavy atom. The predicted octanol–water partition coefficient (Wildman–Crippen LogP) is 2.02. The summed E-state index contributed by atoms with van der Waals surface area (Å²) in [5.41, 5.74) is -0.173. The van der Waals surface area contributed by atoms with Gasteiger partial charge >= 0.3 is 5.97 Å². The molecular formula is C8H15O2. The van der Waals surface area contributed by atoms with Gasteiger partial charge in [-0.25, -0.2) is 9.90 Å². The molecule has 0 fully saturated rings. The van der Waals surface area contributed by atoms with Crippen LogP contribution in [0.5, 0.6) is 0 Å². The zero-order valence-corrected chi connectivity index (χ0v) is 7.10. The monoisotopic (exact) mass is 143 g/mol. The van der Waals surface area contributed by atoms with Crippen LogP contribution in [0.1, 0.15) is 34.1 Å². The first-order chi connectivity index (χ1) is 4.39. The fourth-order valence-corrected chi connectivity index (χ4v) is 1.13. The maximum Gasteiger partial charge on any atom is 0.359 e. The van der Waals surface area contributed by atoms with Crippen molar-refractivity contribution in [2.24, 2.45) is 11.3 Å². The van der Waals surface area contributed by atoms with Crippen molar-refractivity contribution < 1.29 is 9.90 Å². The van der Waals surface area contributed by atoms with Gasteiger partial charge in [-0.15, -0.1) is 0 Å². The molecule has 2 heteroatoms. The SMILES string of the molecule is CCC(C([O])=O)C(C)(C)C. The summed E-state index contributed by atoms with van der Waals surface area (Å²) in [7, 11) is 0. The van der Waals surface area contributed by atoms with Crippen LogP contribution >= 0.6 is 0 Å². The summed E-state index contributed by atoms with van der Waals surface area (Å²) in [5, 5.41) is 10.5. The third-order valence-corrected chi connectivity index (χ3v) is 1.74. The van der Waals surface area contributed by atoms with Gasteiger partial charge < -0.3 is 0 Å². The zero-order valence-electron chi connectivity index (χ0n) is 7.10. The van der Waals surface area contributed by atoms with Gasteiger partial charge in [0.15, 0.2) is 0 Å². The van der Waals surface area contributed by atoms with Crippen LogP contribution in [-0.2, 0) is 9.90 Å². The van der Waals surface area contributed by atoms with Crippen molar-refractivity contribution >= 4 is 5.97 Å². The Bertz CT molecular complexity index is 122. The lowest BCUT2D eigenvalue weighted by Crippen LogP contribution is -2.26. The summed E-state index contributed by atoms with van der Waals surface area (Å²) in [5.74, 6) is -1.26. The molecule has 10 heavy (non-hydrogen) atoms. The van der Waals surface area contributed by atoms with Gasteiger partial charge in [-0.2, -0.15) is 0 Å². The van der Waals surface area contributed by atoms with Gasteiger partial charge in [-0.05, 0) is 11.8 Å². The Balaban J connectivity index is 4.22. The molecule has 0 N–H and O–H groups in total. The first-order valence-electron chi connectivity index (χ1n) is 3.60. The Hall–Kier alpha value is -0.530. The number of carbonyl (C=O) groups is 1. The third kappa shape index (κ3) is 2.38. The fraction of sp³-hybridized carbons (Fsp3) is 0.875. The Kier molecular flexibility index (Phi) is 2.88. The Morgan fingerprint density at radius 2 is 1.80 bits per heavy atom. The molecule has 0 aromatic rings. The maximum atomic E-state index is 10.5. The van der Waals surface area contributed by atoms with E-state index >= 15 is 0 Å². The van der Waals surface area contributed by atoms with Gasteiger partial charge in [0.05, 0.1) is 5.92 Å². The van der Waals surface area contributed by atoms with Crippen LogP contribution < -0.4 is 0 Å². The summed E-state index contributed by atoms with van der Waals surface area (Å²) >= 11 is 0. The van der Waals surface area contributed by atoms with E-state index < -0.39 is 5.97 Å². The molecule has 1 radical (unpaired) electrons. The normalized spacial score (nSPS) is 14.8. The number of rotatable bonds is 2. The van der Waals surface area contributed by atoms with Gasteiger partial charge in [0.2, 0.25) is 0 Å². The fourth-order valence-electron chi connectivity index (χ4n) is 1.13. The molecule has 0 bridgehead atoms. The third-order valence-electron chi connectivity index (χ3n) is 1.74. The second-order valence-electron chi connectivity index (χ2n) is 3.65. The van der Waals surface area contributed by atoms with Crippen molar-refractivity contribution in [3.05, 3.63) is 0 Å². The van der Waals surface area contributed by atoms with Crippen molar-refractivity contribution in [2.75, 3.05) is 0 Å². The van der Waals surface area contributed by atoms with E-state index in [-0.39, 0.29) is 11.3 Å². The molecule has 1 unspecified atom stereocenters. The van der Waals surface area contributed by atoms with Crippen molar-refractivity contribution in [2.45, 2.75) is 34.1 Å². The molecule has 0 saturated carbocycles. The quantitative estimate of drug-likeness (QED) is 0.582. The minimum absolute atomic E-state index is 0.173. The van der Waals surface area contributed by atoms with Crippen LogP contribution in [0, 0.1) is 11.3 Å². The van der Waals surface area contributed by atoms with Crippen LogP contribution in [0.15, 0.2) is 0 Å². The van der Waals surface area contributed by atoms with E-state index in [2.05, 4.69) is 0 Å². The summed E-state index contributed by atoms with van der Waals surface area (Å²) in [6.45, 7) is 7.61. The minimum atomic E-state index is -0.935. The van der Waals surface area contributed by atoms with Crippen molar-refractivity contribution in [3.63, 3.8) is 0 Å². The van der Waals surface area contributed by atoms with E-state index in [0.29, 0.717) is 6.42 Å². The molecule has 0 aliphatic heterocycles. The highest BCUT2D eigenvalue weighted by Crippen LogP contribution is 2.28. The van der Waals surface area contributed by atoms with Gasteiger partial charge in [-0.3, -0.25) is 0 Å². The minimum Gasteiger partial charge on any atom is -0.247 e. The van der Waals surface area contributed by atoms with Crippen molar-refractivity contribution in [3.8, 4) is 0 Å². The molecule has 1 atom stereocenters. The number of hydrogen-bond donors (Lipinski definition) is 0. The second kappa shape index (κ2) is 3.04. The first kappa shape index (κ1) is 9.47. The molecule has 2 nitrogen and oxygen atoms in total. The zero-order chi connectivity index (χ0) is 8.36. The largest absolute Gasteiger partial charge is 0.359 e. The smallest absolute Gasteiger partial charge is 0.247 e. The lowest BCUT2D eigenvalue weighted by Gasteiger charge is -2.24. The highest BCUT2D eigenvalue weighted by molar-refractivity contribution is 5.70. The Labute approximate surface area is 62.2 Å². The molecule has 0 saturated heterocycles. The van der Waals surface area contributed by atoms with Crippen molar-refractivity contribution in [1.29, 1.82) is 0 Å². The van der Waals surface area contributed by atoms with Gasteiger partial charge in [-0.1, -0.05) is 27.7 Å². The number of hydrogen-bond acceptors (Lipinski definition) is 1. The summed E-state index contributed by atoms with van der Waals surface area (Å²) in [4.78, 5) is 10.5. The number of carbonyl (C=O) groups excluding carboxylic acids is 1. The van der Waals surface area contributed by atoms with Crippen LogP contribution in [0.3, 0.4) is 0 Å². The van der Waals surface area contributed by atoms with E-state index in [0.717, 1.165) is 0 Å². The molecule has 0 rings (SSSR count). The molecule has 0 aliphatic carbocycles. The molecule has 0 aliphatic rings. The van der Waals surface area contributed by atoms with Gasteiger partial charge in [0, 0.05) is 0 Å². The highest BCUT2D eigenvalue weighted by atomic mass is 16.4. The van der Waals surface area contributed by atoms with Crippen LogP contribution in [0.25, 0.3) is 0 Å². The van der Waals surface area contributed by atoms with E-state index in [1.807, 2.05) is 27.7 Å². The molecule has 0 heterocycles. The molecule has 0 aromatic carbocycles. The average molecular weight is 143 g/mol. The van der Waals surface area contributed by atoms with Gasteiger partial charge in [0.25, 0.3) is 0 Å². The highest BCUT2D eigenvalue weighted by Gasteiger charge is 2.30. The molecular weight excluding hydrogens is 128 g/mol. The van der Waals surface area contributed by atoms with E-state index in [4.69, 9.17) is 0 Å². The maximum absolute atomic E-state index is 10.5.